The number of methoxy groups -OCH3 is 1. The summed E-state index contributed by atoms with van der Waals surface area (Å²) in [6.07, 6.45) is -0.773. The number of aliphatic hydroxyl groups is 1. The first-order valence-electron chi connectivity index (χ1n) is 6.28. The summed E-state index contributed by atoms with van der Waals surface area (Å²) in [5.41, 5.74) is 1.99. The number of aliphatic hydroxyl groups excluding tert-OH is 1. The van der Waals surface area contributed by atoms with E-state index in [1.807, 2.05) is 25.1 Å². The molecule has 0 saturated carbocycles. The molecule has 2 nitrogen and oxygen atoms in total. The van der Waals surface area contributed by atoms with Crippen LogP contribution in [0.5, 0.6) is 5.75 Å². The SMILES string of the molecule is COc1ccc(C)cc1CC(O)c1c(F)cccc1Cl. The summed E-state index contributed by atoms with van der Waals surface area (Å²) >= 11 is 5.96. The van der Waals surface area contributed by atoms with Crippen LogP contribution in [0.3, 0.4) is 0 Å². The molecule has 0 heterocycles. The van der Waals surface area contributed by atoms with E-state index in [1.54, 1.807) is 13.2 Å². The van der Waals surface area contributed by atoms with E-state index < -0.39 is 11.9 Å². The van der Waals surface area contributed by atoms with Gasteiger partial charge in [-0.3, -0.25) is 0 Å². The minimum Gasteiger partial charge on any atom is -0.496 e. The summed E-state index contributed by atoms with van der Waals surface area (Å²) in [7, 11) is 1.57. The van der Waals surface area contributed by atoms with Gasteiger partial charge in [0.05, 0.1) is 13.2 Å². The van der Waals surface area contributed by atoms with Crippen molar-refractivity contribution in [3.63, 3.8) is 0 Å². The summed E-state index contributed by atoms with van der Waals surface area (Å²) < 4.78 is 19.0. The van der Waals surface area contributed by atoms with Gasteiger partial charge in [-0.25, -0.2) is 4.39 Å². The topological polar surface area (TPSA) is 29.5 Å². The van der Waals surface area contributed by atoms with Crippen LogP contribution in [0.25, 0.3) is 0 Å². The van der Waals surface area contributed by atoms with Gasteiger partial charge in [-0.15, -0.1) is 0 Å². The quantitative estimate of drug-likeness (QED) is 0.921. The maximum Gasteiger partial charge on any atom is 0.130 e. The Balaban J connectivity index is 2.32. The zero-order chi connectivity index (χ0) is 14.7. The van der Waals surface area contributed by atoms with Crippen molar-refractivity contribution >= 4 is 11.6 Å². The molecule has 0 amide bonds. The summed E-state index contributed by atoms with van der Waals surface area (Å²) in [6.45, 7) is 1.95. The van der Waals surface area contributed by atoms with Gasteiger partial charge in [-0.2, -0.15) is 0 Å². The van der Waals surface area contributed by atoms with Crippen LogP contribution in [0.1, 0.15) is 22.8 Å². The summed E-state index contributed by atoms with van der Waals surface area (Å²) in [5, 5.41) is 10.5. The fourth-order valence-corrected chi connectivity index (χ4v) is 2.50. The van der Waals surface area contributed by atoms with E-state index in [-0.39, 0.29) is 17.0 Å². The van der Waals surface area contributed by atoms with Gasteiger partial charge in [0, 0.05) is 17.0 Å². The van der Waals surface area contributed by atoms with Crippen LogP contribution < -0.4 is 4.74 Å². The molecule has 20 heavy (non-hydrogen) atoms. The van der Waals surface area contributed by atoms with Crippen molar-refractivity contribution < 1.29 is 14.2 Å². The van der Waals surface area contributed by atoms with Gasteiger partial charge < -0.3 is 9.84 Å². The molecule has 4 heteroatoms. The van der Waals surface area contributed by atoms with E-state index in [2.05, 4.69) is 0 Å². The standard InChI is InChI=1S/C16H16ClFO2/c1-10-6-7-15(20-2)11(8-10)9-14(19)16-12(17)4-3-5-13(16)18/h3-8,14,19H,9H2,1-2H3. The Morgan fingerprint density at radius 3 is 2.70 bits per heavy atom. The lowest BCUT2D eigenvalue weighted by Crippen LogP contribution is -2.06. The van der Waals surface area contributed by atoms with E-state index in [1.165, 1.54) is 12.1 Å². The fourth-order valence-electron chi connectivity index (χ4n) is 2.21. The molecule has 0 saturated heterocycles. The molecular weight excluding hydrogens is 279 g/mol. The molecule has 0 aliphatic carbocycles. The number of hydrogen-bond acceptors (Lipinski definition) is 2. The van der Waals surface area contributed by atoms with Crippen molar-refractivity contribution in [3.05, 3.63) is 63.9 Å². The molecule has 106 valence electrons. The van der Waals surface area contributed by atoms with Crippen LogP contribution in [-0.2, 0) is 6.42 Å². The second-order valence-corrected chi connectivity index (χ2v) is 5.08. The van der Waals surface area contributed by atoms with E-state index >= 15 is 0 Å². The summed E-state index contributed by atoms with van der Waals surface area (Å²) in [6, 6.07) is 10.0. The predicted octanol–water partition coefficient (Wildman–Crippen LogP) is 4.07. The second kappa shape index (κ2) is 6.25. The Hall–Kier alpha value is -1.58. The molecule has 2 aromatic rings. The van der Waals surface area contributed by atoms with Gasteiger partial charge in [0.25, 0.3) is 0 Å². The minimum absolute atomic E-state index is 0.123. The van der Waals surface area contributed by atoms with Crippen molar-refractivity contribution in [3.8, 4) is 5.75 Å². The first-order chi connectivity index (χ1) is 9.52. The zero-order valence-electron chi connectivity index (χ0n) is 11.4. The highest BCUT2D eigenvalue weighted by Crippen LogP contribution is 2.31. The monoisotopic (exact) mass is 294 g/mol. The minimum atomic E-state index is -1.01. The van der Waals surface area contributed by atoms with Gasteiger partial charge in [-0.1, -0.05) is 35.4 Å². The molecule has 0 bridgehead atoms. The van der Waals surface area contributed by atoms with Gasteiger partial charge in [0.1, 0.15) is 11.6 Å². The zero-order valence-corrected chi connectivity index (χ0v) is 12.1. The molecule has 0 aliphatic rings. The molecule has 0 radical (unpaired) electrons. The molecule has 2 rings (SSSR count). The largest absolute Gasteiger partial charge is 0.496 e. The molecule has 0 spiro atoms. The maximum atomic E-state index is 13.8. The van der Waals surface area contributed by atoms with Crippen molar-refractivity contribution in [1.29, 1.82) is 0 Å². The van der Waals surface area contributed by atoms with Crippen LogP contribution in [0.4, 0.5) is 4.39 Å². The van der Waals surface area contributed by atoms with Gasteiger partial charge >= 0.3 is 0 Å². The van der Waals surface area contributed by atoms with Gasteiger partial charge in [0.2, 0.25) is 0 Å². The first-order valence-corrected chi connectivity index (χ1v) is 6.66. The van der Waals surface area contributed by atoms with Crippen LogP contribution in [0, 0.1) is 12.7 Å². The van der Waals surface area contributed by atoms with Crippen LogP contribution in [0.2, 0.25) is 5.02 Å². The normalized spacial score (nSPS) is 12.2. The van der Waals surface area contributed by atoms with Crippen molar-refractivity contribution in [2.24, 2.45) is 0 Å². The molecular formula is C16H16ClFO2. The summed E-state index contributed by atoms with van der Waals surface area (Å²) in [5.74, 6) is 0.165. The molecule has 0 aliphatic heterocycles. The number of hydrogen-bond donors (Lipinski definition) is 1. The van der Waals surface area contributed by atoms with Crippen molar-refractivity contribution in [1.82, 2.24) is 0 Å². The van der Waals surface area contributed by atoms with Crippen LogP contribution >= 0.6 is 11.6 Å². The third-order valence-corrected chi connectivity index (χ3v) is 3.51. The third kappa shape index (κ3) is 3.11. The Morgan fingerprint density at radius 1 is 1.30 bits per heavy atom. The Kier molecular flexibility index (Phi) is 4.63. The molecule has 0 fully saturated rings. The van der Waals surface area contributed by atoms with Crippen LogP contribution in [-0.4, -0.2) is 12.2 Å². The molecule has 1 unspecified atom stereocenters. The van der Waals surface area contributed by atoms with Crippen molar-refractivity contribution in [2.45, 2.75) is 19.4 Å². The van der Waals surface area contributed by atoms with Crippen molar-refractivity contribution in [2.75, 3.05) is 7.11 Å². The van der Waals surface area contributed by atoms with Crippen LogP contribution in [0.15, 0.2) is 36.4 Å². The Bertz CT molecular complexity index is 593. The Labute approximate surface area is 122 Å². The highest BCUT2D eigenvalue weighted by Gasteiger charge is 2.18. The maximum absolute atomic E-state index is 13.8. The number of rotatable bonds is 4. The van der Waals surface area contributed by atoms with E-state index in [0.29, 0.717) is 5.75 Å². The number of halogens is 2. The lowest BCUT2D eigenvalue weighted by Gasteiger charge is -2.16. The van der Waals surface area contributed by atoms with Gasteiger partial charge in [0.15, 0.2) is 0 Å². The molecule has 0 aromatic heterocycles. The average molecular weight is 295 g/mol. The average Bonchev–Trinajstić information content (AvgIpc) is 2.38. The molecule has 2 aromatic carbocycles. The highest BCUT2D eigenvalue weighted by atomic mass is 35.5. The van der Waals surface area contributed by atoms with E-state index in [4.69, 9.17) is 16.3 Å². The van der Waals surface area contributed by atoms with Gasteiger partial charge in [-0.05, 0) is 30.7 Å². The summed E-state index contributed by atoms with van der Waals surface area (Å²) in [4.78, 5) is 0. The second-order valence-electron chi connectivity index (χ2n) is 4.67. The first kappa shape index (κ1) is 14.8. The number of aryl methyl sites for hydroxylation is 1. The number of ether oxygens (including phenoxy) is 1. The third-order valence-electron chi connectivity index (χ3n) is 3.18. The lowest BCUT2D eigenvalue weighted by atomic mass is 9.99. The fraction of sp³-hybridized carbons (Fsp3) is 0.250. The number of benzene rings is 2. The van der Waals surface area contributed by atoms with E-state index in [0.717, 1.165) is 11.1 Å². The smallest absolute Gasteiger partial charge is 0.130 e. The molecule has 1 atom stereocenters. The lowest BCUT2D eigenvalue weighted by molar-refractivity contribution is 0.172. The predicted molar refractivity (Wildman–Crippen MR) is 77.8 cm³/mol. The Morgan fingerprint density at radius 2 is 2.05 bits per heavy atom. The molecule has 1 N–H and O–H groups in total. The van der Waals surface area contributed by atoms with E-state index in [9.17, 15) is 9.50 Å². The highest BCUT2D eigenvalue weighted by molar-refractivity contribution is 6.31.